The molecule has 3 rings (SSSR count). The largest absolute Gasteiger partial charge is 0.501 e. The predicted molar refractivity (Wildman–Crippen MR) is 126 cm³/mol. The second-order valence-corrected chi connectivity index (χ2v) is 10.0. The van der Waals surface area contributed by atoms with Crippen molar-refractivity contribution in [1.82, 2.24) is 4.90 Å². The molecule has 0 unspecified atom stereocenters. The van der Waals surface area contributed by atoms with Crippen molar-refractivity contribution < 1.29 is 23.5 Å². The summed E-state index contributed by atoms with van der Waals surface area (Å²) in [4.78, 5) is 27.3. The number of hydrogen-bond donors (Lipinski definition) is 0. The monoisotopic (exact) mass is 473 g/mol. The number of hydrogen-bond acceptors (Lipinski definition) is 4. The van der Waals surface area contributed by atoms with Crippen LogP contribution < -0.4 is 0 Å². The summed E-state index contributed by atoms with van der Waals surface area (Å²) in [6.45, 7) is 10.7. The Balaban J connectivity index is 1.85. The van der Waals surface area contributed by atoms with Gasteiger partial charge < -0.3 is 9.47 Å². The van der Waals surface area contributed by atoms with Crippen LogP contribution >= 0.6 is 11.6 Å². The van der Waals surface area contributed by atoms with Crippen molar-refractivity contribution in [3.8, 4) is 11.1 Å². The van der Waals surface area contributed by atoms with Gasteiger partial charge in [-0.15, -0.1) is 0 Å². The number of rotatable bonds is 6. The Hall–Kier alpha value is -2.86. The number of halogens is 2. The third-order valence-electron chi connectivity index (χ3n) is 5.56. The second kappa shape index (κ2) is 9.56. The number of imide groups is 1. The molecule has 176 valence electrons. The van der Waals surface area contributed by atoms with Crippen molar-refractivity contribution in [3.05, 3.63) is 71.7 Å². The standard InChI is InChI=1S/C26H29ClFNO4/c1-6-32-16-26(5)15-20(29(23(26)30)24(31)33-25(2,3)4)13-17-7-9-18(10-8-17)21-14-19(27)11-12-22(21)28/h6-12,14,20H,1,13,15-16H2,2-5H3/t20-,26+/m1/s1. The van der Waals surface area contributed by atoms with Gasteiger partial charge >= 0.3 is 6.09 Å². The molecule has 0 bridgehead atoms. The molecule has 0 N–H and O–H groups in total. The van der Waals surface area contributed by atoms with E-state index in [0.29, 0.717) is 29.0 Å². The highest BCUT2D eigenvalue weighted by Crippen LogP contribution is 2.39. The van der Waals surface area contributed by atoms with Crippen LogP contribution in [0, 0.1) is 11.2 Å². The van der Waals surface area contributed by atoms with Crippen LogP contribution in [-0.4, -0.2) is 35.2 Å². The molecule has 7 heteroatoms. The minimum atomic E-state index is -0.875. The maximum absolute atomic E-state index is 14.2. The molecule has 1 aliphatic heterocycles. The molecule has 1 aliphatic rings. The van der Waals surface area contributed by atoms with Crippen LogP contribution in [0.25, 0.3) is 11.1 Å². The van der Waals surface area contributed by atoms with E-state index in [-0.39, 0.29) is 18.3 Å². The molecular weight excluding hydrogens is 445 g/mol. The van der Waals surface area contributed by atoms with Crippen molar-refractivity contribution >= 4 is 23.6 Å². The van der Waals surface area contributed by atoms with E-state index in [1.807, 2.05) is 12.1 Å². The van der Waals surface area contributed by atoms with E-state index in [2.05, 4.69) is 6.58 Å². The van der Waals surface area contributed by atoms with Crippen LogP contribution in [0.15, 0.2) is 55.3 Å². The lowest BCUT2D eigenvalue weighted by atomic mass is 9.86. The Labute approximate surface area is 199 Å². The van der Waals surface area contributed by atoms with Gasteiger partial charge in [0.1, 0.15) is 18.0 Å². The molecule has 0 spiro atoms. The first-order valence-corrected chi connectivity index (χ1v) is 11.1. The minimum absolute atomic E-state index is 0.123. The van der Waals surface area contributed by atoms with E-state index in [1.165, 1.54) is 23.3 Å². The highest BCUT2D eigenvalue weighted by atomic mass is 35.5. The fraction of sp³-hybridized carbons (Fsp3) is 0.385. The summed E-state index contributed by atoms with van der Waals surface area (Å²) in [5.41, 5.74) is 0.395. The Morgan fingerprint density at radius 3 is 2.55 bits per heavy atom. The number of ether oxygens (including phenoxy) is 2. The van der Waals surface area contributed by atoms with Gasteiger partial charge in [-0.2, -0.15) is 0 Å². The lowest BCUT2D eigenvalue weighted by Crippen LogP contribution is -2.45. The second-order valence-electron chi connectivity index (χ2n) is 9.58. The van der Waals surface area contributed by atoms with Crippen molar-refractivity contribution in [1.29, 1.82) is 0 Å². The van der Waals surface area contributed by atoms with Gasteiger partial charge in [0.2, 0.25) is 5.91 Å². The van der Waals surface area contributed by atoms with E-state index in [0.717, 1.165) is 5.56 Å². The first-order chi connectivity index (χ1) is 15.4. The van der Waals surface area contributed by atoms with Gasteiger partial charge in [-0.1, -0.05) is 42.4 Å². The third-order valence-corrected chi connectivity index (χ3v) is 5.80. The average Bonchev–Trinajstić information content (AvgIpc) is 2.98. The van der Waals surface area contributed by atoms with Gasteiger partial charge in [0.25, 0.3) is 0 Å². The molecule has 0 aromatic heterocycles. The van der Waals surface area contributed by atoms with Gasteiger partial charge in [-0.3, -0.25) is 4.79 Å². The number of carbonyl (C=O) groups is 2. The molecule has 2 atom stereocenters. The lowest BCUT2D eigenvalue weighted by Gasteiger charge is -2.27. The molecule has 1 fully saturated rings. The molecule has 1 saturated heterocycles. The summed E-state index contributed by atoms with van der Waals surface area (Å²) >= 11 is 6.02. The third kappa shape index (κ3) is 5.74. The van der Waals surface area contributed by atoms with Gasteiger partial charge in [0.05, 0.1) is 11.7 Å². The van der Waals surface area contributed by atoms with E-state index >= 15 is 0 Å². The van der Waals surface area contributed by atoms with Crippen LogP contribution in [0.2, 0.25) is 5.02 Å². The molecule has 33 heavy (non-hydrogen) atoms. The average molecular weight is 474 g/mol. The zero-order valence-electron chi connectivity index (χ0n) is 19.4. The summed E-state index contributed by atoms with van der Waals surface area (Å²) < 4.78 is 25.0. The minimum Gasteiger partial charge on any atom is -0.501 e. The number of likely N-dealkylation sites (tertiary alicyclic amines) is 1. The van der Waals surface area contributed by atoms with E-state index in [1.54, 1.807) is 45.9 Å². The maximum Gasteiger partial charge on any atom is 0.417 e. The first kappa shape index (κ1) is 24.8. The summed E-state index contributed by atoms with van der Waals surface area (Å²) in [6, 6.07) is 11.4. The van der Waals surface area contributed by atoms with Crippen molar-refractivity contribution in [3.63, 3.8) is 0 Å². The fourth-order valence-electron chi connectivity index (χ4n) is 4.04. The highest BCUT2D eigenvalue weighted by molar-refractivity contribution is 6.30. The Bertz CT molecular complexity index is 1050. The Kier molecular flexibility index (Phi) is 7.17. The van der Waals surface area contributed by atoms with Gasteiger partial charge in [-0.25, -0.2) is 14.1 Å². The van der Waals surface area contributed by atoms with Gasteiger partial charge in [0, 0.05) is 16.6 Å². The molecule has 2 amide bonds. The SMILES string of the molecule is C=COC[C@]1(C)C[C@@H](Cc2ccc(-c3cc(Cl)ccc3F)cc2)N(C(=O)OC(C)(C)C)C1=O. The smallest absolute Gasteiger partial charge is 0.417 e. The Morgan fingerprint density at radius 1 is 1.27 bits per heavy atom. The summed E-state index contributed by atoms with van der Waals surface area (Å²) in [5.74, 6) is -0.691. The van der Waals surface area contributed by atoms with Crippen LogP contribution in [0.1, 0.15) is 39.7 Å². The molecule has 0 aliphatic carbocycles. The number of benzene rings is 2. The normalized spacial score (nSPS) is 20.6. The van der Waals surface area contributed by atoms with Crippen molar-refractivity contribution in [2.24, 2.45) is 5.41 Å². The summed E-state index contributed by atoms with van der Waals surface area (Å²) in [7, 11) is 0. The van der Waals surface area contributed by atoms with Crippen LogP contribution in [-0.2, 0) is 20.7 Å². The molecule has 0 radical (unpaired) electrons. The quantitative estimate of drug-likeness (QED) is 0.456. The van der Waals surface area contributed by atoms with Gasteiger partial charge in [0.15, 0.2) is 0 Å². The van der Waals surface area contributed by atoms with E-state index in [9.17, 15) is 14.0 Å². The molecule has 2 aromatic carbocycles. The predicted octanol–water partition coefficient (Wildman–Crippen LogP) is 6.39. The van der Waals surface area contributed by atoms with Crippen LogP contribution in [0.4, 0.5) is 9.18 Å². The number of amides is 2. The molecule has 0 saturated carbocycles. The van der Waals surface area contributed by atoms with Crippen LogP contribution in [0.5, 0.6) is 0 Å². The molecule has 1 heterocycles. The fourth-order valence-corrected chi connectivity index (χ4v) is 4.21. The van der Waals surface area contributed by atoms with E-state index < -0.39 is 23.2 Å². The summed E-state index contributed by atoms with van der Waals surface area (Å²) in [6.07, 6.45) is 1.48. The zero-order chi connectivity index (χ0) is 24.4. The zero-order valence-corrected chi connectivity index (χ0v) is 20.1. The Morgan fingerprint density at radius 2 is 1.94 bits per heavy atom. The topological polar surface area (TPSA) is 55.8 Å². The first-order valence-electron chi connectivity index (χ1n) is 10.8. The number of carbonyl (C=O) groups excluding carboxylic acids is 2. The van der Waals surface area contributed by atoms with Crippen molar-refractivity contribution in [2.75, 3.05) is 6.61 Å². The highest BCUT2D eigenvalue weighted by Gasteiger charge is 2.52. The van der Waals surface area contributed by atoms with Crippen LogP contribution in [0.3, 0.4) is 0 Å². The maximum atomic E-state index is 14.2. The summed E-state index contributed by atoms with van der Waals surface area (Å²) in [5, 5.41) is 0.453. The lowest BCUT2D eigenvalue weighted by molar-refractivity contribution is -0.137. The molecular formula is C26H29ClFNO4. The molecule has 2 aromatic rings. The van der Waals surface area contributed by atoms with Gasteiger partial charge in [-0.05, 0) is 69.9 Å². The van der Waals surface area contributed by atoms with E-state index in [4.69, 9.17) is 21.1 Å². The van der Waals surface area contributed by atoms with Crippen molar-refractivity contribution in [2.45, 2.75) is 52.2 Å². The molecule has 5 nitrogen and oxygen atoms in total. The number of nitrogens with zero attached hydrogens (tertiary/aromatic N) is 1.